The average Bonchev–Trinajstić information content (AvgIpc) is 3.19. The van der Waals surface area contributed by atoms with Gasteiger partial charge in [-0.05, 0) is 74.9 Å². The predicted molar refractivity (Wildman–Crippen MR) is 139 cm³/mol. The summed E-state index contributed by atoms with van der Waals surface area (Å²) in [5.41, 5.74) is -0.442. The van der Waals surface area contributed by atoms with Crippen LogP contribution in [0.15, 0.2) is 42.5 Å². The van der Waals surface area contributed by atoms with Gasteiger partial charge in [0.15, 0.2) is 0 Å². The summed E-state index contributed by atoms with van der Waals surface area (Å²) in [6.07, 6.45) is -2.32. The quantitative estimate of drug-likeness (QED) is 0.376. The number of nitrogens with one attached hydrogen (secondary N) is 1. The first-order valence-electron chi connectivity index (χ1n) is 13.5. The lowest BCUT2D eigenvalue weighted by molar-refractivity contribution is -0.274. The number of carbonyl (C=O) groups is 4. The minimum absolute atomic E-state index is 0.0170. The zero-order valence-electron chi connectivity index (χ0n) is 22.5. The zero-order valence-corrected chi connectivity index (χ0v) is 22.5. The number of nitrogens with zero attached hydrogens (tertiary/aromatic N) is 2. The Labute approximate surface area is 234 Å². The van der Waals surface area contributed by atoms with Gasteiger partial charge in [-0.25, -0.2) is 0 Å². The average molecular weight is 574 g/mol. The number of hydrogen-bond acceptors (Lipinski definition) is 7. The van der Waals surface area contributed by atoms with E-state index in [4.69, 9.17) is 4.74 Å². The molecule has 2 aromatic carbocycles. The van der Waals surface area contributed by atoms with Gasteiger partial charge in [-0.1, -0.05) is 18.2 Å². The number of benzene rings is 2. The van der Waals surface area contributed by atoms with Crippen LogP contribution in [0.3, 0.4) is 0 Å². The van der Waals surface area contributed by atoms with E-state index in [0.717, 1.165) is 29.8 Å². The molecule has 1 N–H and O–H groups in total. The number of amides is 4. The summed E-state index contributed by atoms with van der Waals surface area (Å²) in [5, 5.41) is 2.22. The summed E-state index contributed by atoms with van der Waals surface area (Å²) in [7, 11) is 0. The fourth-order valence-corrected chi connectivity index (χ4v) is 5.80. The van der Waals surface area contributed by atoms with Gasteiger partial charge < -0.3 is 14.4 Å². The van der Waals surface area contributed by atoms with E-state index in [2.05, 4.69) is 15.0 Å². The molecule has 218 valence electrons. The van der Waals surface area contributed by atoms with Gasteiger partial charge in [0, 0.05) is 19.5 Å². The van der Waals surface area contributed by atoms with Crippen LogP contribution in [-0.4, -0.2) is 71.6 Å². The summed E-state index contributed by atoms with van der Waals surface area (Å²) in [6, 6.07) is 10.8. The summed E-state index contributed by atoms with van der Waals surface area (Å²) >= 11 is 0. The third-order valence-electron chi connectivity index (χ3n) is 7.90. The molecule has 12 heteroatoms. The molecule has 0 radical (unpaired) electrons. The van der Waals surface area contributed by atoms with Gasteiger partial charge in [0.2, 0.25) is 5.91 Å². The Hall–Kier alpha value is -3.93. The molecule has 3 heterocycles. The van der Waals surface area contributed by atoms with E-state index in [1.165, 1.54) is 25.1 Å². The van der Waals surface area contributed by atoms with Crippen molar-refractivity contribution in [3.05, 3.63) is 59.2 Å². The fraction of sp³-hybridized carbons (Fsp3) is 0.448. The van der Waals surface area contributed by atoms with Crippen molar-refractivity contribution >= 4 is 23.6 Å². The standard InChI is InChI=1S/C29H30F3N3O6/c1-28(12-11-23(36)33-27(28)39)35-25(37)21-9-3-10-22(24(21)26(35)38)40-15-5-14-34-13-4-7-19(17-34)18-6-2-8-20(16-18)41-29(30,31)32/h2-3,6,8-10,16,19H,4-5,7,11-15,17H2,1H3,(H,33,36,39)/t19?,28-/m0/s1. The van der Waals surface area contributed by atoms with Crippen LogP contribution in [0.4, 0.5) is 13.2 Å². The van der Waals surface area contributed by atoms with Gasteiger partial charge in [0.05, 0.1) is 17.7 Å². The van der Waals surface area contributed by atoms with Crippen molar-refractivity contribution in [2.75, 3.05) is 26.2 Å². The number of imide groups is 2. The van der Waals surface area contributed by atoms with Crippen LogP contribution >= 0.6 is 0 Å². The van der Waals surface area contributed by atoms with Gasteiger partial charge in [-0.3, -0.25) is 29.4 Å². The van der Waals surface area contributed by atoms with Crippen molar-refractivity contribution < 1.29 is 41.8 Å². The third-order valence-corrected chi connectivity index (χ3v) is 7.90. The smallest absolute Gasteiger partial charge is 0.493 e. The van der Waals surface area contributed by atoms with Crippen LogP contribution < -0.4 is 14.8 Å². The lowest BCUT2D eigenvalue weighted by Crippen LogP contribution is -2.62. The molecule has 0 aromatic heterocycles. The maximum Gasteiger partial charge on any atom is 0.573 e. The Kier molecular flexibility index (Phi) is 7.78. The fourth-order valence-electron chi connectivity index (χ4n) is 5.80. The summed E-state index contributed by atoms with van der Waals surface area (Å²) < 4.78 is 47.9. The topological polar surface area (TPSA) is 105 Å². The molecule has 0 aliphatic carbocycles. The van der Waals surface area contributed by atoms with Crippen LogP contribution in [0.25, 0.3) is 0 Å². The molecule has 0 saturated carbocycles. The molecule has 2 fully saturated rings. The maximum absolute atomic E-state index is 13.4. The van der Waals surface area contributed by atoms with Crippen molar-refractivity contribution in [1.82, 2.24) is 15.1 Å². The number of likely N-dealkylation sites (tertiary alicyclic amines) is 1. The largest absolute Gasteiger partial charge is 0.573 e. The molecule has 0 bridgehead atoms. The van der Waals surface area contributed by atoms with E-state index >= 15 is 0 Å². The van der Waals surface area contributed by atoms with Gasteiger partial charge >= 0.3 is 6.36 Å². The molecule has 41 heavy (non-hydrogen) atoms. The number of halogens is 3. The number of rotatable bonds is 8. The van der Waals surface area contributed by atoms with Crippen molar-refractivity contribution in [2.45, 2.75) is 56.8 Å². The molecule has 2 aromatic rings. The Morgan fingerprint density at radius 2 is 1.85 bits per heavy atom. The first kappa shape index (κ1) is 28.6. The second kappa shape index (κ2) is 11.2. The van der Waals surface area contributed by atoms with Crippen LogP contribution in [0.5, 0.6) is 11.5 Å². The van der Waals surface area contributed by atoms with Gasteiger partial charge in [-0.2, -0.15) is 0 Å². The summed E-state index contributed by atoms with van der Waals surface area (Å²) in [4.78, 5) is 54.0. The molecular formula is C29H30F3N3O6. The molecule has 3 aliphatic heterocycles. The third kappa shape index (κ3) is 5.92. The summed E-state index contributed by atoms with van der Waals surface area (Å²) in [6.45, 7) is 3.95. The second-order valence-corrected chi connectivity index (χ2v) is 10.7. The van der Waals surface area contributed by atoms with E-state index in [9.17, 15) is 32.3 Å². The lowest BCUT2D eigenvalue weighted by Gasteiger charge is -2.38. The molecule has 1 unspecified atom stereocenters. The first-order valence-corrected chi connectivity index (χ1v) is 13.5. The van der Waals surface area contributed by atoms with Crippen LogP contribution in [0.2, 0.25) is 0 Å². The summed E-state index contributed by atoms with van der Waals surface area (Å²) in [5.74, 6) is -2.29. The second-order valence-electron chi connectivity index (χ2n) is 10.7. The number of carbonyl (C=O) groups excluding carboxylic acids is 4. The molecule has 2 saturated heterocycles. The molecular weight excluding hydrogens is 543 g/mol. The Morgan fingerprint density at radius 3 is 2.61 bits per heavy atom. The molecule has 5 rings (SSSR count). The monoisotopic (exact) mass is 573 g/mol. The van der Waals surface area contributed by atoms with E-state index in [-0.39, 0.29) is 48.0 Å². The molecule has 0 spiro atoms. The highest BCUT2D eigenvalue weighted by Crippen LogP contribution is 2.38. The minimum atomic E-state index is -4.74. The highest BCUT2D eigenvalue weighted by Gasteiger charge is 2.53. The minimum Gasteiger partial charge on any atom is -0.493 e. The SMILES string of the molecule is C[C@]1(N2C(=O)c3cccc(OCCCN4CCCC(c5cccc(OC(F)(F)F)c5)C4)c3C2=O)CCC(=O)NC1=O. The van der Waals surface area contributed by atoms with Crippen LogP contribution in [0, 0.1) is 0 Å². The lowest BCUT2D eigenvalue weighted by atomic mass is 9.89. The van der Waals surface area contributed by atoms with Crippen molar-refractivity contribution in [1.29, 1.82) is 0 Å². The Bertz CT molecular complexity index is 1380. The predicted octanol–water partition coefficient (Wildman–Crippen LogP) is 4.03. The first-order chi connectivity index (χ1) is 19.5. The van der Waals surface area contributed by atoms with Gasteiger partial charge in [0.1, 0.15) is 17.0 Å². The van der Waals surface area contributed by atoms with Gasteiger partial charge in [0.25, 0.3) is 17.7 Å². The zero-order chi connectivity index (χ0) is 29.4. The van der Waals surface area contributed by atoms with Gasteiger partial charge in [-0.15, -0.1) is 13.2 Å². The maximum atomic E-state index is 13.4. The van der Waals surface area contributed by atoms with E-state index in [1.807, 2.05) is 6.07 Å². The van der Waals surface area contributed by atoms with Crippen LogP contribution in [0.1, 0.15) is 71.2 Å². The highest BCUT2D eigenvalue weighted by molar-refractivity contribution is 6.25. The molecule has 9 nitrogen and oxygen atoms in total. The Balaban J connectivity index is 1.18. The van der Waals surface area contributed by atoms with Crippen molar-refractivity contribution in [2.24, 2.45) is 0 Å². The van der Waals surface area contributed by atoms with E-state index in [0.29, 0.717) is 19.5 Å². The van der Waals surface area contributed by atoms with Crippen molar-refractivity contribution in [3.63, 3.8) is 0 Å². The number of fused-ring (bicyclic) bond motifs is 1. The molecule has 4 amide bonds. The molecule has 3 aliphatic rings. The normalized spacial score (nSPS) is 23.4. The number of ether oxygens (including phenoxy) is 2. The molecule has 2 atom stereocenters. The highest BCUT2D eigenvalue weighted by atomic mass is 19.4. The number of alkyl halides is 3. The van der Waals surface area contributed by atoms with E-state index < -0.39 is 35.5 Å². The number of piperidine rings is 2. The van der Waals surface area contributed by atoms with Crippen LogP contribution in [-0.2, 0) is 9.59 Å². The van der Waals surface area contributed by atoms with E-state index in [1.54, 1.807) is 18.2 Å². The van der Waals surface area contributed by atoms with Crippen molar-refractivity contribution in [3.8, 4) is 11.5 Å². The number of hydrogen-bond donors (Lipinski definition) is 1. The Morgan fingerprint density at radius 1 is 1.07 bits per heavy atom.